The van der Waals surface area contributed by atoms with Crippen LogP contribution in [0, 0.1) is 23.4 Å². The van der Waals surface area contributed by atoms with Gasteiger partial charge in [-0.1, -0.05) is 6.92 Å². The third kappa shape index (κ3) is 4.53. The Hall–Kier alpha value is -3.30. The number of rotatable bonds is 4. The molecular weight excluding hydrogens is 447 g/mol. The summed E-state index contributed by atoms with van der Waals surface area (Å²) in [5, 5.41) is 23.7. The van der Waals surface area contributed by atoms with E-state index in [-0.39, 0.29) is 28.8 Å². The molecule has 34 heavy (non-hydrogen) atoms. The molecule has 1 saturated carbocycles. The molecule has 4 atom stereocenters. The van der Waals surface area contributed by atoms with Crippen molar-refractivity contribution in [2.45, 2.75) is 44.3 Å². The van der Waals surface area contributed by atoms with Crippen molar-refractivity contribution in [1.82, 2.24) is 9.97 Å². The highest BCUT2D eigenvalue weighted by Crippen LogP contribution is 2.43. The molecular formula is C25H24F3N3O3. The van der Waals surface area contributed by atoms with Crippen LogP contribution in [0.15, 0.2) is 48.8 Å². The van der Waals surface area contributed by atoms with E-state index in [1.165, 1.54) is 18.3 Å². The SMILES string of the molecule is C[C@H]1C[C@@H](c2ccncc2NC(=O)c2ccc(F)c(-c3ccc(F)c(F)c3)n2)C[C@@H](O)[C@]1(C)O. The van der Waals surface area contributed by atoms with Gasteiger partial charge in [0.05, 0.1) is 23.6 Å². The summed E-state index contributed by atoms with van der Waals surface area (Å²) in [6.07, 6.45) is 3.00. The fourth-order valence-corrected chi connectivity index (χ4v) is 4.32. The number of nitrogens with zero attached hydrogens (tertiary/aromatic N) is 2. The number of hydrogen-bond acceptors (Lipinski definition) is 5. The lowest BCUT2D eigenvalue weighted by atomic mass is 9.69. The summed E-state index contributed by atoms with van der Waals surface area (Å²) in [6, 6.07) is 6.81. The smallest absolute Gasteiger partial charge is 0.274 e. The zero-order valence-corrected chi connectivity index (χ0v) is 18.6. The molecule has 178 valence electrons. The molecule has 2 aromatic heterocycles. The maximum Gasteiger partial charge on any atom is 0.274 e. The number of aromatic nitrogens is 2. The largest absolute Gasteiger partial charge is 0.390 e. The normalized spacial score (nSPS) is 24.6. The van der Waals surface area contributed by atoms with Crippen LogP contribution < -0.4 is 5.32 Å². The van der Waals surface area contributed by atoms with Gasteiger partial charge < -0.3 is 15.5 Å². The topological polar surface area (TPSA) is 95.3 Å². The van der Waals surface area contributed by atoms with Gasteiger partial charge >= 0.3 is 0 Å². The second-order valence-corrected chi connectivity index (χ2v) is 8.88. The van der Waals surface area contributed by atoms with E-state index in [4.69, 9.17) is 0 Å². The Morgan fingerprint density at radius 2 is 1.82 bits per heavy atom. The van der Waals surface area contributed by atoms with Crippen molar-refractivity contribution in [2.24, 2.45) is 5.92 Å². The Bertz CT molecular complexity index is 1220. The van der Waals surface area contributed by atoms with Crippen molar-refractivity contribution < 1.29 is 28.2 Å². The summed E-state index contributed by atoms with van der Waals surface area (Å²) in [5.74, 6) is -3.99. The molecule has 0 spiro atoms. The first-order valence-electron chi connectivity index (χ1n) is 10.9. The Morgan fingerprint density at radius 1 is 1.09 bits per heavy atom. The van der Waals surface area contributed by atoms with Crippen LogP contribution in [0.3, 0.4) is 0 Å². The van der Waals surface area contributed by atoms with Crippen molar-refractivity contribution in [1.29, 1.82) is 0 Å². The van der Waals surface area contributed by atoms with E-state index in [2.05, 4.69) is 15.3 Å². The maximum atomic E-state index is 14.4. The standard InChI is InChI=1S/C25H24F3N3O3/c1-13-9-15(11-22(32)25(13,2)34)16-7-8-29-12-21(16)31-24(33)20-6-5-18(27)23(30-20)14-3-4-17(26)19(28)10-14/h3-8,10,12-13,15,22,32,34H,9,11H2,1-2H3,(H,31,33)/t13-,15+,22+,25+/m0/s1. The molecule has 0 aliphatic heterocycles. The van der Waals surface area contributed by atoms with Crippen LogP contribution in [0.25, 0.3) is 11.3 Å². The number of hydrogen-bond donors (Lipinski definition) is 3. The number of aliphatic hydroxyl groups is 2. The Morgan fingerprint density at radius 3 is 2.53 bits per heavy atom. The molecule has 2 heterocycles. The highest BCUT2D eigenvalue weighted by Gasteiger charge is 2.43. The van der Waals surface area contributed by atoms with E-state index >= 15 is 0 Å². The third-order valence-corrected chi connectivity index (χ3v) is 6.63. The molecule has 1 amide bonds. The van der Waals surface area contributed by atoms with Gasteiger partial charge in [0.1, 0.15) is 17.2 Å². The van der Waals surface area contributed by atoms with E-state index in [0.29, 0.717) is 18.5 Å². The minimum Gasteiger partial charge on any atom is -0.390 e. The van der Waals surface area contributed by atoms with Crippen molar-refractivity contribution >= 4 is 11.6 Å². The lowest BCUT2D eigenvalue weighted by Crippen LogP contribution is -2.49. The van der Waals surface area contributed by atoms with Crippen molar-refractivity contribution in [2.75, 3.05) is 5.32 Å². The minimum atomic E-state index is -1.21. The van der Waals surface area contributed by atoms with Crippen LogP contribution in [0.4, 0.5) is 18.9 Å². The van der Waals surface area contributed by atoms with Gasteiger partial charge in [-0.05, 0) is 73.6 Å². The van der Waals surface area contributed by atoms with E-state index in [9.17, 15) is 28.2 Å². The second kappa shape index (κ2) is 9.15. The first-order valence-corrected chi connectivity index (χ1v) is 10.9. The summed E-state index contributed by atoms with van der Waals surface area (Å²) in [6.45, 7) is 3.47. The van der Waals surface area contributed by atoms with Gasteiger partial charge in [-0.2, -0.15) is 0 Å². The third-order valence-electron chi connectivity index (χ3n) is 6.63. The molecule has 1 aliphatic rings. The first-order chi connectivity index (χ1) is 16.1. The molecule has 0 radical (unpaired) electrons. The van der Waals surface area contributed by atoms with E-state index in [0.717, 1.165) is 23.8 Å². The van der Waals surface area contributed by atoms with Gasteiger partial charge in [0.25, 0.3) is 5.91 Å². The molecule has 1 fully saturated rings. The summed E-state index contributed by atoms with van der Waals surface area (Å²) in [5.41, 5.74) is -0.487. The van der Waals surface area contributed by atoms with E-state index in [1.54, 1.807) is 19.2 Å². The molecule has 1 aromatic carbocycles. The van der Waals surface area contributed by atoms with E-state index in [1.807, 2.05) is 6.92 Å². The zero-order valence-electron chi connectivity index (χ0n) is 18.6. The lowest BCUT2D eigenvalue weighted by Gasteiger charge is -2.43. The predicted octanol–water partition coefficient (Wildman–Crippen LogP) is 4.44. The van der Waals surface area contributed by atoms with Crippen LogP contribution in [-0.2, 0) is 0 Å². The molecule has 0 bridgehead atoms. The molecule has 0 saturated heterocycles. The Balaban J connectivity index is 1.60. The van der Waals surface area contributed by atoms with Crippen molar-refractivity contribution in [3.05, 3.63) is 77.5 Å². The van der Waals surface area contributed by atoms with Crippen LogP contribution in [0.5, 0.6) is 0 Å². The van der Waals surface area contributed by atoms with Gasteiger partial charge in [0, 0.05) is 11.8 Å². The van der Waals surface area contributed by atoms with Crippen LogP contribution >= 0.6 is 0 Å². The number of carbonyl (C=O) groups excluding carboxylic acids is 1. The van der Waals surface area contributed by atoms with Gasteiger partial charge in [-0.25, -0.2) is 18.2 Å². The summed E-state index contributed by atoms with van der Waals surface area (Å²) < 4.78 is 41.2. The fraction of sp³-hybridized carbons (Fsp3) is 0.320. The van der Waals surface area contributed by atoms with Crippen LogP contribution in [-0.4, -0.2) is 37.8 Å². The number of benzene rings is 1. The molecule has 1 aliphatic carbocycles. The number of anilines is 1. The molecule has 6 nitrogen and oxygen atoms in total. The van der Waals surface area contributed by atoms with Gasteiger partial charge in [0.2, 0.25) is 0 Å². The molecule has 4 rings (SSSR count). The number of aliphatic hydroxyl groups excluding tert-OH is 1. The number of amides is 1. The Labute approximate surface area is 194 Å². The second-order valence-electron chi connectivity index (χ2n) is 8.88. The molecule has 3 aromatic rings. The summed E-state index contributed by atoms with van der Waals surface area (Å²) in [7, 11) is 0. The lowest BCUT2D eigenvalue weighted by molar-refractivity contribution is -0.123. The number of pyridine rings is 2. The van der Waals surface area contributed by atoms with Crippen LogP contribution in [0.2, 0.25) is 0 Å². The van der Waals surface area contributed by atoms with Crippen LogP contribution in [0.1, 0.15) is 48.7 Å². The fourth-order valence-electron chi connectivity index (χ4n) is 4.32. The van der Waals surface area contributed by atoms with E-state index < -0.39 is 35.1 Å². The van der Waals surface area contributed by atoms with Crippen molar-refractivity contribution in [3.63, 3.8) is 0 Å². The van der Waals surface area contributed by atoms with Crippen molar-refractivity contribution in [3.8, 4) is 11.3 Å². The monoisotopic (exact) mass is 471 g/mol. The van der Waals surface area contributed by atoms with Gasteiger partial charge in [-0.3, -0.25) is 9.78 Å². The zero-order chi connectivity index (χ0) is 24.6. The summed E-state index contributed by atoms with van der Waals surface area (Å²) >= 11 is 0. The highest BCUT2D eigenvalue weighted by atomic mass is 19.2. The molecule has 0 unspecified atom stereocenters. The maximum absolute atomic E-state index is 14.4. The predicted molar refractivity (Wildman–Crippen MR) is 120 cm³/mol. The number of nitrogens with one attached hydrogen (secondary N) is 1. The summed E-state index contributed by atoms with van der Waals surface area (Å²) in [4.78, 5) is 21.0. The van der Waals surface area contributed by atoms with Gasteiger partial charge in [-0.15, -0.1) is 0 Å². The molecule has 9 heteroatoms. The number of carbonyl (C=O) groups is 1. The van der Waals surface area contributed by atoms with Gasteiger partial charge in [0.15, 0.2) is 11.6 Å². The Kier molecular flexibility index (Phi) is 6.42. The first kappa shape index (κ1) is 23.8. The average Bonchev–Trinajstić information content (AvgIpc) is 2.80. The average molecular weight is 471 g/mol. The molecule has 3 N–H and O–H groups in total. The quantitative estimate of drug-likeness (QED) is 0.523. The minimum absolute atomic E-state index is 0.00894. The highest BCUT2D eigenvalue weighted by molar-refractivity contribution is 6.03. The number of halogens is 3.